The molecule has 0 amide bonds. The van der Waals surface area contributed by atoms with Crippen LogP contribution >= 0.6 is 0 Å². The third-order valence-electron chi connectivity index (χ3n) is 8.53. The van der Waals surface area contributed by atoms with E-state index in [0.29, 0.717) is 68.2 Å². The number of ether oxygens (including phenoxy) is 6. The number of ketones is 1. The Labute approximate surface area is 276 Å². The summed E-state index contributed by atoms with van der Waals surface area (Å²) in [7, 11) is 9.33. The average Bonchev–Trinajstić information content (AvgIpc) is 3.76. The summed E-state index contributed by atoms with van der Waals surface area (Å²) in [5.74, 6) is 1.88. The minimum atomic E-state index is -0.519. The molecule has 2 atom stereocenters. The molecule has 0 aliphatic heterocycles. The molecule has 4 heterocycles. The summed E-state index contributed by atoms with van der Waals surface area (Å²) in [6, 6.07) is 7.24. The van der Waals surface area contributed by atoms with Crippen molar-refractivity contribution in [3.63, 3.8) is 0 Å². The van der Waals surface area contributed by atoms with E-state index in [2.05, 4.69) is 19.9 Å². The predicted octanol–water partition coefficient (Wildman–Crippen LogP) is 6.09. The van der Waals surface area contributed by atoms with E-state index in [4.69, 9.17) is 38.4 Å². The number of benzene rings is 2. The molecule has 6 rings (SSSR count). The lowest BCUT2D eigenvalue weighted by molar-refractivity contribution is -0.121. The third-order valence-corrected chi connectivity index (χ3v) is 8.53. The van der Waals surface area contributed by atoms with Crippen molar-refractivity contribution < 1.29 is 33.2 Å². The molecule has 0 aliphatic carbocycles. The molecule has 0 saturated heterocycles. The predicted molar refractivity (Wildman–Crippen MR) is 180 cm³/mol. The normalized spacial score (nSPS) is 12.5. The zero-order chi connectivity index (χ0) is 34.1. The number of methoxy groups -OCH3 is 6. The summed E-state index contributed by atoms with van der Waals surface area (Å²) in [6.07, 6.45) is 6.90. The van der Waals surface area contributed by atoms with E-state index in [-0.39, 0.29) is 5.78 Å². The smallest absolute Gasteiger partial charge is 0.203 e. The zero-order valence-corrected chi connectivity index (χ0v) is 27.9. The molecule has 0 spiro atoms. The lowest BCUT2D eigenvalue weighted by Gasteiger charge is -2.16. The number of aromatic nitrogens is 6. The Morgan fingerprint density at radius 2 is 0.938 bits per heavy atom. The Kier molecular flexibility index (Phi) is 8.76. The van der Waals surface area contributed by atoms with Crippen LogP contribution in [0.2, 0.25) is 0 Å². The van der Waals surface area contributed by atoms with Crippen molar-refractivity contribution in [2.75, 3.05) is 42.7 Å². The van der Waals surface area contributed by atoms with Crippen molar-refractivity contribution in [1.82, 2.24) is 29.9 Å². The van der Waals surface area contributed by atoms with Gasteiger partial charge in [-0.1, -0.05) is 13.8 Å². The zero-order valence-electron chi connectivity index (χ0n) is 27.9. The van der Waals surface area contributed by atoms with Crippen LogP contribution in [0.25, 0.3) is 44.8 Å². The van der Waals surface area contributed by atoms with Gasteiger partial charge in [-0.25, -0.2) is 19.9 Å². The summed E-state index contributed by atoms with van der Waals surface area (Å²) >= 11 is 0. The van der Waals surface area contributed by atoms with Crippen LogP contribution < -0.4 is 28.4 Å². The number of hydrogen-bond acceptors (Lipinski definition) is 11. The first-order valence-electron chi connectivity index (χ1n) is 15.1. The van der Waals surface area contributed by atoms with Crippen molar-refractivity contribution in [2.45, 2.75) is 25.7 Å². The van der Waals surface area contributed by atoms with E-state index >= 15 is 0 Å². The van der Waals surface area contributed by atoms with Crippen LogP contribution in [0.3, 0.4) is 0 Å². The van der Waals surface area contributed by atoms with Gasteiger partial charge in [0.05, 0.1) is 66.4 Å². The highest BCUT2D eigenvalue weighted by Crippen LogP contribution is 2.43. The number of carbonyl (C=O) groups is 1. The molecule has 0 radical (unpaired) electrons. The molecule has 13 nitrogen and oxygen atoms in total. The Bertz CT molecular complexity index is 1940. The monoisotopic (exact) mass is 652 g/mol. The summed E-state index contributed by atoms with van der Waals surface area (Å²) in [6.45, 7) is 3.74. The van der Waals surface area contributed by atoms with Gasteiger partial charge in [0.25, 0.3) is 0 Å². The van der Waals surface area contributed by atoms with Crippen molar-refractivity contribution in [3.8, 4) is 57.0 Å². The SMILES string of the molecule is COc1cc(-c2cnc3[nH]cc(C(C)C(=O)C(C)c4c[nH]c5ncc(-c6cc(OC)c(OC)c(OC)c6)nc45)c3n2)cc(OC)c1OC. The first kappa shape index (κ1) is 32.1. The van der Waals surface area contributed by atoms with E-state index in [1.165, 1.54) is 0 Å². The summed E-state index contributed by atoms with van der Waals surface area (Å²) in [4.78, 5) is 39.4. The Balaban J connectivity index is 1.34. The number of nitrogens with zero attached hydrogens (tertiary/aromatic N) is 4. The van der Waals surface area contributed by atoms with Crippen LogP contribution in [0, 0.1) is 0 Å². The highest BCUT2D eigenvalue weighted by molar-refractivity contribution is 5.97. The van der Waals surface area contributed by atoms with Crippen molar-refractivity contribution in [2.24, 2.45) is 0 Å². The van der Waals surface area contributed by atoms with Crippen LogP contribution in [-0.4, -0.2) is 78.3 Å². The molecule has 2 aromatic carbocycles. The molecule has 6 aromatic rings. The fourth-order valence-electron chi connectivity index (χ4n) is 5.90. The fraction of sp³-hybridized carbons (Fsp3) is 0.286. The number of rotatable bonds is 12. The number of fused-ring (bicyclic) bond motifs is 2. The van der Waals surface area contributed by atoms with Crippen LogP contribution in [-0.2, 0) is 4.79 Å². The molecule has 248 valence electrons. The average molecular weight is 653 g/mol. The second-order valence-electron chi connectivity index (χ2n) is 11.1. The Morgan fingerprint density at radius 3 is 1.25 bits per heavy atom. The largest absolute Gasteiger partial charge is 0.493 e. The van der Waals surface area contributed by atoms with Crippen molar-refractivity contribution in [3.05, 3.63) is 60.2 Å². The molecule has 2 unspecified atom stereocenters. The van der Waals surface area contributed by atoms with Gasteiger partial charge < -0.3 is 38.4 Å². The van der Waals surface area contributed by atoms with Gasteiger partial charge in [0, 0.05) is 46.5 Å². The molecule has 13 heteroatoms. The van der Waals surface area contributed by atoms with E-state index in [9.17, 15) is 4.79 Å². The molecule has 0 aliphatic rings. The van der Waals surface area contributed by atoms with Crippen LogP contribution in [0.5, 0.6) is 34.5 Å². The lowest BCUT2D eigenvalue weighted by atomic mass is 9.87. The van der Waals surface area contributed by atoms with Gasteiger partial charge in [0.15, 0.2) is 34.3 Å². The maximum absolute atomic E-state index is 14.1. The van der Waals surface area contributed by atoms with Gasteiger partial charge in [-0.3, -0.25) is 4.79 Å². The summed E-state index contributed by atoms with van der Waals surface area (Å²) in [5.41, 5.74) is 6.40. The highest BCUT2D eigenvalue weighted by Gasteiger charge is 2.29. The van der Waals surface area contributed by atoms with Crippen molar-refractivity contribution >= 4 is 28.1 Å². The minimum Gasteiger partial charge on any atom is -0.493 e. The molecule has 0 bridgehead atoms. The standard InChI is InChI=1S/C35H36N6O7/c1-17(21-13-36-34-29(21)40-23(15-38-34)19-9-25(43-3)32(47-7)26(10-19)44-4)31(42)18(2)22-14-37-35-30(22)41-24(16-39-35)20-11-27(45-5)33(48-8)28(12-20)46-6/h9-18H,1-8H3,(H,36,38)(H,37,39). The molecular formula is C35H36N6O7. The number of aromatic amines is 2. The topological polar surface area (TPSA) is 156 Å². The van der Waals surface area contributed by atoms with Crippen LogP contribution in [0.15, 0.2) is 49.1 Å². The maximum Gasteiger partial charge on any atom is 0.203 e. The van der Waals surface area contributed by atoms with Crippen LogP contribution in [0.1, 0.15) is 36.8 Å². The number of carbonyl (C=O) groups excluding carboxylic acids is 1. The second-order valence-corrected chi connectivity index (χ2v) is 11.1. The fourth-order valence-corrected chi connectivity index (χ4v) is 5.90. The van der Waals surface area contributed by atoms with Gasteiger partial charge in [-0.2, -0.15) is 0 Å². The number of Topliss-reactive ketones (excluding diaryl/α,β-unsaturated/α-hetero) is 1. The Morgan fingerprint density at radius 1 is 0.583 bits per heavy atom. The molecule has 0 saturated carbocycles. The first-order chi connectivity index (χ1) is 23.3. The van der Waals surface area contributed by atoms with E-state index in [0.717, 1.165) is 22.3 Å². The number of nitrogens with one attached hydrogen (secondary N) is 2. The molecular weight excluding hydrogens is 616 g/mol. The van der Waals surface area contributed by atoms with E-state index < -0.39 is 11.8 Å². The van der Waals surface area contributed by atoms with E-state index in [1.807, 2.05) is 38.1 Å². The molecule has 2 N–H and O–H groups in total. The van der Waals surface area contributed by atoms with E-state index in [1.54, 1.807) is 67.4 Å². The summed E-state index contributed by atoms with van der Waals surface area (Å²) < 4.78 is 33.0. The quantitative estimate of drug-likeness (QED) is 0.158. The number of H-pyrrole nitrogens is 2. The minimum absolute atomic E-state index is 0.0169. The third kappa shape index (κ3) is 5.46. The van der Waals surface area contributed by atoms with Gasteiger partial charge in [-0.05, 0) is 24.3 Å². The van der Waals surface area contributed by atoms with Gasteiger partial charge in [0.1, 0.15) is 16.8 Å². The van der Waals surface area contributed by atoms with Crippen LogP contribution in [0.4, 0.5) is 0 Å². The molecule has 4 aromatic heterocycles. The summed E-state index contributed by atoms with van der Waals surface area (Å²) in [5, 5.41) is 0. The van der Waals surface area contributed by atoms with Gasteiger partial charge in [-0.15, -0.1) is 0 Å². The number of hydrogen-bond donors (Lipinski definition) is 2. The second kappa shape index (κ2) is 13.1. The first-order valence-corrected chi connectivity index (χ1v) is 15.1. The Hall–Kier alpha value is -5.85. The van der Waals surface area contributed by atoms with Crippen molar-refractivity contribution in [1.29, 1.82) is 0 Å². The highest BCUT2D eigenvalue weighted by atomic mass is 16.5. The maximum atomic E-state index is 14.1. The molecule has 48 heavy (non-hydrogen) atoms. The molecule has 0 fully saturated rings. The van der Waals surface area contributed by atoms with Gasteiger partial charge in [0.2, 0.25) is 11.5 Å². The lowest BCUT2D eigenvalue weighted by Crippen LogP contribution is -2.16. The van der Waals surface area contributed by atoms with Gasteiger partial charge >= 0.3 is 0 Å².